The molecule has 4 unspecified atom stereocenters. The molecule has 0 aromatic heterocycles. The Morgan fingerprint density at radius 1 is 0.290 bits per heavy atom. The first-order valence-electron chi connectivity index (χ1n) is 41.9. The third-order valence-corrected chi connectivity index (χ3v) is 21.5. The van der Waals surface area contributed by atoms with Gasteiger partial charge in [0.2, 0.25) is 0 Å². The highest BCUT2D eigenvalue weighted by molar-refractivity contribution is 7.47. The van der Waals surface area contributed by atoms with Gasteiger partial charge in [-0.2, -0.15) is 0 Å². The lowest BCUT2D eigenvalue weighted by Crippen LogP contribution is -2.30. The summed E-state index contributed by atoms with van der Waals surface area (Å²) < 4.78 is 68.7. The zero-order chi connectivity index (χ0) is 73.7. The molecule has 0 heterocycles. The first-order valence-corrected chi connectivity index (χ1v) is 44.9. The minimum absolute atomic E-state index is 0.105. The highest BCUT2D eigenvalue weighted by Gasteiger charge is 2.30. The van der Waals surface area contributed by atoms with E-state index in [4.69, 9.17) is 37.0 Å². The molecule has 100 heavy (non-hydrogen) atoms. The number of aliphatic hydroxyl groups is 1. The number of ether oxygens (including phenoxy) is 4. The molecule has 0 spiro atoms. The third kappa shape index (κ3) is 71.7. The maximum absolute atomic E-state index is 13.1. The lowest BCUT2D eigenvalue weighted by Gasteiger charge is -2.21. The van der Waals surface area contributed by atoms with Crippen LogP contribution >= 0.6 is 15.6 Å². The molecule has 594 valence electrons. The number of carbonyl (C=O) groups excluding carboxylic acids is 4. The molecular weight excluding hydrogens is 1310 g/mol. The van der Waals surface area contributed by atoms with Gasteiger partial charge >= 0.3 is 39.5 Å². The van der Waals surface area contributed by atoms with Crippen molar-refractivity contribution in [1.82, 2.24) is 0 Å². The molecule has 0 aromatic rings. The van der Waals surface area contributed by atoms with Gasteiger partial charge in [0.15, 0.2) is 12.2 Å². The fourth-order valence-electron chi connectivity index (χ4n) is 12.4. The minimum Gasteiger partial charge on any atom is -0.462 e. The van der Waals surface area contributed by atoms with Crippen molar-refractivity contribution in [2.75, 3.05) is 39.6 Å². The van der Waals surface area contributed by atoms with Crippen molar-refractivity contribution in [3.05, 3.63) is 0 Å². The van der Waals surface area contributed by atoms with E-state index >= 15 is 0 Å². The van der Waals surface area contributed by atoms with Crippen molar-refractivity contribution < 1.29 is 80.2 Å². The van der Waals surface area contributed by atoms with Crippen molar-refractivity contribution in [3.63, 3.8) is 0 Å². The van der Waals surface area contributed by atoms with Gasteiger partial charge < -0.3 is 33.8 Å². The Hall–Kier alpha value is -1.94. The lowest BCUT2D eigenvalue weighted by atomic mass is 9.99. The average Bonchev–Trinajstić information content (AvgIpc) is 0.918. The van der Waals surface area contributed by atoms with E-state index in [1.807, 2.05) is 0 Å². The molecule has 0 aliphatic rings. The van der Waals surface area contributed by atoms with E-state index in [1.165, 1.54) is 225 Å². The van der Waals surface area contributed by atoms with Gasteiger partial charge in [0, 0.05) is 25.7 Å². The highest BCUT2D eigenvalue weighted by atomic mass is 31.2. The van der Waals surface area contributed by atoms with E-state index in [1.54, 1.807) is 0 Å². The Morgan fingerprint density at radius 3 is 0.760 bits per heavy atom. The summed E-state index contributed by atoms with van der Waals surface area (Å²) in [6.07, 6.45) is 59.6. The van der Waals surface area contributed by atoms with Crippen LogP contribution in [-0.2, 0) is 65.4 Å². The van der Waals surface area contributed by atoms with Crippen molar-refractivity contribution in [2.24, 2.45) is 17.8 Å². The summed E-state index contributed by atoms with van der Waals surface area (Å²) in [5.41, 5.74) is 0. The molecule has 17 nitrogen and oxygen atoms in total. The molecule has 3 N–H and O–H groups in total. The summed E-state index contributed by atoms with van der Waals surface area (Å²) in [6.45, 7) is 12.0. The van der Waals surface area contributed by atoms with Gasteiger partial charge in [-0.25, -0.2) is 9.13 Å². The Bertz CT molecular complexity index is 1940. The maximum Gasteiger partial charge on any atom is 0.472 e. The number of aliphatic hydroxyl groups excluding tert-OH is 1. The second-order valence-corrected chi connectivity index (χ2v) is 33.0. The summed E-state index contributed by atoms with van der Waals surface area (Å²) in [4.78, 5) is 73.0. The number of esters is 4. The number of rotatable bonds is 79. The second-order valence-electron chi connectivity index (χ2n) is 30.1. The largest absolute Gasteiger partial charge is 0.472 e. The molecule has 0 saturated heterocycles. The van der Waals surface area contributed by atoms with Crippen molar-refractivity contribution in [1.29, 1.82) is 0 Å². The van der Waals surface area contributed by atoms with E-state index in [0.29, 0.717) is 25.7 Å². The van der Waals surface area contributed by atoms with Gasteiger partial charge in [0.25, 0.3) is 0 Å². The van der Waals surface area contributed by atoms with Crippen molar-refractivity contribution in [2.45, 2.75) is 439 Å². The van der Waals surface area contributed by atoms with Crippen LogP contribution in [0, 0.1) is 17.8 Å². The first-order chi connectivity index (χ1) is 48.3. The average molecular weight is 1470 g/mol. The standard InChI is InChI=1S/C81H158O17P2/c1-8-11-12-13-14-15-16-17-22-26-29-35-40-48-55-62-78(83)91-68-76(97-80(85)64-57-50-41-36-30-27-24-21-19-18-20-23-25-28-33-38-45-52-59-72(4)5)70-95-99(87,88)93-66-75(82)67-94-100(89,90)96-71-77(69-92-79(84)63-56-49-44-43-47-54-61-74(7)10-3)98-81(86)65-58-51-42-37-32-31-34-39-46-53-60-73(6)9-2/h72-77,82H,8-71H2,1-7H3,(H,87,88)(H,89,90)/t73?,74?,75-,76-,77-/m1/s1. The maximum atomic E-state index is 13.1. The molecule has 0 bridgehead atoms. The first kappa shape index (κ1) is 98.1. The molecule has 0 aliphatic heterocycles. The van der Waals surface area contributed by atoms with Crippen LogP contribution in [-0.4, -0.2) is 96.7 Å². The number of phosphoric acid groups is 2. The fraction of sp³-hybridized carbons (Fsp3) is 0.951. The third-order valence-electron chi connectivity index (χ3n) is 19.6. The molecule has 0 amide bonds. The molecule has 0 aromatic carbocycles. The van der Waals surface area contributed by atoms with Gasteiger partial charge in [-0.3, -0.25) is 37.3 Å². The lowest BCUT2D eigenvalue weighted by molar-refractivity contribution is -0.161. The van der Waals surface area contributed by atoms with E-state index in [9.17, 15) is 43.2 Å². The Kier molecular flexibility index (Phi) is 69.9. The van der Waals surface area contributed by atoms with E-state index in [-0.39, 0.29) is 25.7 Å². The highest BCUT2D eigenvalue weighted by Crippen LogP contribution is 2.45. The van der Waals surface area contributed by atoms with Crippen molar-refractivity contribution >= 4 is 39.5 Å². The van der Waals surface area contributed by atoms with Crippen LogP contribution in [0.25, 0.3) is 0 Å². The smallest absolute Gasteiger partial charge is 0.462 e. The summed E-state index contributed by atoms with van der Waals surface area (Å²) >= 11 is 0. The summed E-state index contributed by atoms with van der Waals surface area (Å²) in [5, 5.41) is 10.6. The predicted octanol–water partition coefficient (Wildman–Crippen LogP) is 24.1. The summed E-state index contributed by atoms with van der Waals surface area (Å²) in [5.74, 6) is 0.242. The van der Waals surface area contributed by atoms with Crippen LogP contribution in [0.5, 0.6) is 0 Å². The molecule has 0 fully saturated rings. The van der Waals surface area contributed by atoms with Gasteiger partial charge in [0.05, 0.1) is 26.4 Å². The molecule has 0 rings (SSSR count). The van der Waals surface area contributed by atoms with E-state index in [0.717, 1.165) is 114 Å². The Morgan fingerprint density at radius 2 is 0.510 bits per heavy atom. The van der Waals surface area contributed by atoms with Crippen LogP contribution < -0.4 is 0 Å². The SMILES string of the molecule is CCCCCCCCCCCCCCCCCC(=O)OC[C@H](COP(=O)(O)OC[C@@H](O)COP(=O)(O)OC[C@@H](COC(=O)CCCCCCCCC(C)CC)OC(=O)CCCCCCCCCCCCC(C)CC)OC(=O)CCCCCCCCCCCCCCCCCCCCC(C)C. The monoisotopic (exact) mass is 1470 g/mol. The van der Waals surface area contributed by atoms with Crippen molar-refractivity contribution in [3.8, 4) is 0 Å². The normalized spacial score (nSPS) is 14.5. The molecular formula is C81H158O17P2. The summed E-state index contributed by atoms with van der Waals surface area (Å²) in [6, 6.07) is 0. The van der Waals surface area contributed by atoms with Crippen LogP contribution in [0.3, 0.4) is 0 Å². The quantitative estimate of drug-likeness (QED) is 0.0222. The summed E-state index contributed by atoms with van der Waals surface area (Å²) in [7, 11) is -9.92. The number of hydrogen-bond donors (Lipinski definition) is 3. The topological polar surface area (TPSA) is 237 Å². The van der Waals surface area contributed by atoms with Crippen LogP contribution in [0.4, 0.5) is 0 Å². The van der Waals surface area contributed by atoms with Gasteiger partial charge in [-0.15, -0.1) is 0 Å². The molecule has 0 saturated carbocycles. The molecule has 7 atom stereocenters. The molecule has 0 aliphatic carbocycles. The van der Waals surface area contributed by atoms with Crippen LogP contribution in [0.1, 0.15) is 421 Å². The van der Waals surface area contributed by atoms with Gasteiger partial charge in [0.1, 0.15) is 19.3 Å². The number of carbonyl (C=O) groups is 4. The Balaban J connectivity index is 5.23. The molecule has 0 radical (unpaired) electrons. The number of phosphoric ester groups is 2. The van der Waals surface area contributed by atoms with Gasteiger partial charge in [-0.05, 0) is 43.4 Å². The fourth-order valence-corrected chi connectivity index (χ4v) is 14.0. The predicted molar refractivity (Wildman–Crippen MR) is 409 cm³/mol. The minimum atomic E-state index is -4.96. The molecule has 19 heteroatoms. The number of hydrogen-bond acceptors (Lipinski definition) is 15. The second kappa shape index (κ2) is 71.3. The zero-order valence-electron chi connectivity index (χ0n) is 65.7. The van der Waals surface area contributed by atoms with Gasteiger partial charge in [-0.1, -0.05) is 370 Å². The van der Waals surface area contributed by atoms with E-state index < -0.39 is 97.5 Å². The number of unbranched alkanes of at least 4 members (excludes halogenated alkanes) is 45. The van der Waals surface area contributed by atoms with E-state index in [2.05, 4.69) is 48.5 Å². The van der Waals surface area contributed by atoms with Crippen LogP contribution in [0.2, 0.25) is 0 Å². The Labute approximate surface area is 613 Å². The van der Waals surface area contributed by atoms with Crippen LogP contribution in [0.15, 0.2) is 0 Å². The zero-order valence-corrected chi connectivity index (χ0v) is 67.5.